The number of aromatic nitrogens is 4. The fraction of sp³-hybridized carbons (Fsp3) is 0.455. The number of rotatable bonds is 5. The van der Waals surface area contributed by atoms with Gasteiger partial charge in [-0.3, -0.25) is 0 Å². The van der Waals surface area contributed by atoms with Gasteiger partial charge in [0.05, 0.1) is 6.10 Å². The molecule has 0 aliphatic rings. The van der Waals surface area contributed by atoms with Crippen LogP contribution in [-0.2, 0) is 0 Å². The fourth-order valence-electron chi connectivity index (χ4n) is 1.65. The van der Waals surface area contributed by atoms with Crippen LogP contribution in [0.25, 0.3) is 11.0 Å². The zero-order valence-electron chi connectivity index (χ0n) is 11.4. The number of nitrogens with zero attached hydrogens (tertiary/aromatic N) is 4. The van der Waals surface area contributed by atoms with Gasteiger partial charge in [-0.1, -0.05) is 0 Å². The van der Waals surface area contributed by atoms with Crippen molar-refractivity contribution in [3.63, 3.8) is 0 Å². The first-order valence-electron chi connectivity index (χ1n) is 6.08. The maximum atomic E-state index is 9.30. The van der Waals surface area contributed by atoms with Gasteiger partial charge in [0.1, 0.15) is 11.0 Å². The Balaban J connectivity index is 2.56. The molecule has 0 radical (unpaired) electrons. The van der Waals surface area contributed by atoms with E-state index in [9.17, 15) is 5.11 Å². The minimum atomic E-state index is -0.502. The lowest BCUT2D eigenvalue weighted by Crippen LogP contribution is -2.17. The third-order valence-corrected chi connectivity index (χ3v) is 2.71. The number of fused-ring (bicyclic) bond motifs is 1. The molecule has 0 saturated carbocycles. The highest BCUT2D eigenvalue weighted by molar-refractivity contribution is 6.29. The van der Waals surface area contributed by atoms with Crippen LogP contribution in [0.3, 0.4) is 0 Å². The molecule has 1 atom stereocenters. The minimum Gasteiger partial charge on any atom is -0.392 e. The molecule has 0 amide bonds. The molecular weight excluding hydrogens is 282 g/mol. The van der Waals surface area contributed by atoms with Crippen molar-refractivity contribution in [2.45, 2.75) is 13.0 Å². The molecule has 0 bridgehead atoms. The van der Waals surface area contributed by atoms with E-state index in [2.05, 4.69) is 35.9 Å². The van der Waals surface area contributed by atoms with Crippen molar-refractivity contribution in [1.29, 1.82) is 0 Å². The van der Waals surface area contributed by atoms with Crippen LogP contribution in [0.2, 0.25) is 5.28 Å². The molecule has 9 heteroatoms. The third-order valence-electron chi connectivity index (χ3n) is 2.55. The van der Waals surface area contributed by atoms with Crippen LogP contribution in [-0.4, -0.2) is 51.8 Å². The van der Waals surface area contributed by atoms with E-state index in [1.165, 1.54) is 0 Å². The molecule has 0 aromatic carbocycles. The van der Waals surface area contributed by atoms with E-state index >= 15 is 0 Å². The van der Waals surface area contributed by atoms with Gasteiger partial charge in [0, 0.05) is 20.6 Å². The van der Waals surface area contributed by atoms with E-state index in [1.807, 2.05) is 0 Å². The van der Waals surface area contributed by atoms with E-state index < -0.39 is 6.10 Å². The highest BCUT2D eigenvalue weighted by Crippen LogP contribution is 2.26. The quantitative estimate of drug-likeness (QED) is 0.604. The molecule has 0 aliphatic carbocycles. The first kappa shape index (κ1) is 14.5. The number of nitrogens with one attached hydrogen (secondary N) is 3. The van der Waals surface area contributed by atoms with Crippen molar-refractivity contribution in [3.8, 4) is 0 Å². The van der Waals surface area contributed by atoms with Gasteiger partial charge in [0.2, 0.25) is 11.2 Å². The number of anilines is 3. The maximum Gasteiger partial charge on any atom is 0.225 e. The second-order valence-corrected chi connectivity index (χ2v) is 4.50. The van der Waals surface area contributed by atoms with E-state index in [4.69, 9.17) is 11.6 Å². The molecule has 0 spiro atoms. The average molecular weight is 298 g/mol. The Bertz CT molecular complexity index is 619. The molecule has 0 aliphatic heterocycles. The van der Waals surface area contributed by atoms with Gasteiger partial charge in [-0.05, 0) is 18.5 Å². The maximum absolute atomic E-state index is 9.30. The Kier molecular flexibility index (Phi) is 4.35. The van der Waals surface area contributed by atoms with Gasteiger partial charge in [0.25, 0.3) is 0 Å². The lowest BCUT2D eigenvalue weighted by Gasteiger charge is -2.12. The third kappa shape index (κ3) is 2.97. The summed E-state index contributed by atoms with van der Waals surface area (Å²) in [6.45, 7) is 2.02. The van der Waals surface area contributed by atoms with Gasteiger partial charge in [0.15, 0.2) is 11.6 Å². The molecule has 2 aromatic rings. The monoisotopic (exact) mass is 297 g/mol. The van der Waals surface area contributed by atoms with Crippen LogP contribution in [0.15, 0.2) is 0 Å². The number of aliphatic hydroxyl groups excluding tert-OH is 1. The van der Waals surface area contributed by atoms with Crippen LogP contribution in [0.5, 0.6) is 0 Å². The van der Waals surface area contributed by atoms with E-state index in [0.717, 1.165) is 0 Å². The fourth-order valence-corrected chi connectivity index (χ4v) is 1.82. The summed E-state index contributed by atoms with van der Waals surface area (Å²) in [5.74, 6) is 1.42. The van der Waals surface area contributed by atoms with Crippen LogP contribution < -0.4 is 16.0 Å². The normalized spacial score (nSPS) is 12.2. The smallest absolute Gasteiger partial charge is 0.225 e. The van der Waals surface area contributed by atoms with E-state index in [-0.39, 0.29) is 5.28 Å². The SMILES string of the molecule is CNc1nc(NC[C@@H](C)O)nc2c(NC)nc(Cl)nc12. The largest absolute Gasteiger partial charge is 0.392 e. The first-order valence-corrected chi connectivity index (χ1v) is 6.45. The Morgan fingerprint density at radius 1 is 1.05 bits per heavy atom. The molecule has 4 N–H and O–H groups in total. The Morgan fingerprint density at radius 2 is 1.65 bits per heavy atom. The van der Waals surface area contributed by atoms with Crippen molar-refractivity contribution in [2.75, 3.05) is 36.6 Å². The summed E-state index contributed by atoms with van der Waals surface area (Å²) in [7, 11) is 3.46. The molecule has 0 unspecified atom stereocenters. The van der Waals surface area contributed by atoms with Gasteiger partial charge in [-0.15, -0.1) is 0 Å². The standard InChI is InChI=1S/C11H16ClN7O/c1-5(20)4-15-11-17-7-6(9(14-3)19-11)16-10(12)18-8(7)13-2/h5,20H,4H2,1-3H3,(H,13,16,18)(H2,14,15,17,19)/t5-/m1/s1. The molecule has 20 heavy (non-hydrogen) atoms. The summed E-state index contributed by atoms with van der Waals surface area (Å²) in [5.41, 5.74) is 1.07. The predicted octanol–water partition coefficient (Wildman–Crippen LogP) is 0.949. The zero-order valence-corrected chi connectivity index (χ0v) is 12.2. The van der Waals surface area contributed by atoms with Crippen LogP contribution in [0.1, 0.15) is 6.92 Å². The molecule has 2 heterocycles. The number of hydrogen-bond acceptors (Lipinski definition) is 8. The van der Waals surface area contributed by atoms with Crippen molar-refractivity contribution < 1.29 is 5.11 Å². The average Bonchev–Trinajstić information content (AvgIpc) is 2.43. The lowest BCUT2D eigenvalue weighted by molar-refractivity contribution is 0.208. The summed E-state index contributed by atoms with van der Waals surface area (Å²) in [6.07, 6.45) is -0.502. The molecule has 2 rings (SSSR count). The summed E-state index contributed by atoms with van der Waals surface area (Å²) >= 11 is 5.88. The predicted molar refractivity (Wildman–Crippen MR) is 79.4 cm³/mol. The van der Waals surface area contributed by atoms with Crippen LogP contribution in [0.4, 0.5) is 17.6 Å². The Hall–Kier alpha value is -1.93. The summed E-state index contributed by atoms with van der Waals surface area (Å²) in [4.78, 5) is 16.9. The molecule has 0 saturated heterocycles. The van der Waals surface area contributed by atoms with Crippen molar-refractivity contribution >= 4 is 40.2 Å². The number of halogens is 1. The van der Waals surface area contributed by atoms with Gasteiger partial charge in [-0.2, -0.15) is 9.97 Å². The van der Waals surface area contributed by atoms with Gasteiger partial charge < -0.3 is 21.1 Å². The van der Waals surface area contributed by atoms with Gasteiger partial charge >= 0.3 is 0 Å². The Labute approximate surface area is 121 Å². The summed E-state index contributed by atoms with van der Waals surface area (Å²) in [5, 5.41) is 18.2. The zero-order chi connectivity index (χ0) is 14.7. The highest BCUT2D eigenvalue weighted by Gasteiger charge is 2.14. The number of hydrogen-bond donors (Lipinski definition) is 4. The second-order valence-electron chi connectivity index (χ2n) is 4.16. The second kappa shape index (κ2) is 6.02. The van der Waals surface area contributed by atoms with E-state index in [1.54, 1.807) is 21.0 Å². The highest BCUT2D eigenvalue weighted by atomic mass is 35.5. The molecule has 108 valence electrons. The molecule has 2 aromatic heterocycles. The van der Waals surface area contributed by atoms with Crippen LogP contribution >= 0.6 is 11.6 Å². The molecule has 8 nitrogen and oxygen atoms in total. The van der Waals surface area contributed by atoms with Crippen molar-refractivity contribution in [2.24, 2.45) is 0 Å². The summed E-state index contributed by atoms with van der Waals surface area (Å²) < 4.78 is 0. The van der Waals surface area contributed by atoms with Crippen molar-refractivity contribution in [3.05, 3.63) is 5.28 Å². The van der Waals surface area contributed by atoms with Crippen LogP contribution in [0, 0.1) is 0 Å². The molecule has 0 fully saturated rings. The van der Waals surface area contributed by atoms with Crippen molar-refractivity contribution in [1.82, 2.24) is 19.9 Å². The Morgan fingerprint density at radius 3 is 2.25 bits per heavy atom. The lowest BCUT2D eigenvalue weighted by atomic mass is 10.3. The molecular formula is C11H16ClN7O. The summed E-state index contributed by atoms with van der Waals surface area (Å²) in [6, 6.07) is 0. The van der Waals surface area contributed by atoms with Gasteiger partial charge in [-0.25, -0.2) is 9.97 Å². The first-order chi connectivity index (χ1) is 9.55. The van der Waals surface area contributed by atoms with E-state index in [0.29, 0.717) is 35.2 Å². The minimum absolute atomic E-state index is 0.117. The number of aliphatic hydroxyl groups is 1. The topological polar surface area (TPSA) is 108 Å².